The Morgan fingerprint density at radius 1 is 1.48 bits per heavy atom. The van der Waals surface area contributed by atoms with Crippen molar-refractivity contribution in [2.45, 2.75) is 51.5 Å². The van der Waals surface area contributed by atoms with Crippen molar-refractivity contribution in [3.05, 3.63) is 29.3 Å². The lowest BCUT2D eigenvalue weighted by Gasteiger charge is -2.41. The summed E-state index contributed by atoms with van der Waals surface area (Å²) in [4.78, 5) is 11.3. The van der Waals surface area contributed by atoms with Gasteiger partial charge in [-0.3, -0.25) is 0 Å². The summed E-state index contributed by atoms with van der Waals surface area (Å²) >= 11 is 0. The summed E-state index contributed by atoms with van der Waals surface area (Å²) in [5.74, 6) is 0. The minimum absolute atomic E-state index is 0.0207. The first kappa shape index (κ1) is 16.1. The van der Waals surface area contributed by atoms with Crippen molar-refractivity contribution in [2.24, 2.45) is 11.1 Å². The van der Waals surface area contributed by atoms with E-state index in [1.807, 2.05) is 39.0 Å². The second-order valence-corrected chi connectivity index (χ2v) is 7.41. The zero-order chi connectivity index (χ0) is 16.8. The molecule has 1 amide bonds. The predicted molar refractivity (Wildman–Crippen MR) is 86.0 cm³/mol. The maximum absolute atomic E-state index is 11.3. The van der Waals surface area contributed by atoms with E-state index in [9.17, 15) is 9.90 Å². The van der Waals surface area contributed by atoms with Crippen molar-refractivity contribution in [1.82, 2.24) is 0 Å². The molecule has 0 aliphatic carbocycles. The highest BCUT2D eigenvalue weighted by Gasteiger charge is 2.37. The Hall–Kier alpha value is -1.79. The molecule has 1 aromatic carbocycles. The summed E-state index contributed by atoms with van der Waals surface area (Å²) in [5, 5.41) is 13.3. The van der Waals surface area contributed by atoms with Gasteiger partial charge >= 0.3 is 6.09 Å². The van der Waals surface area contributed by atoms with Crippen molar-refractivity contribution >= 4 is 11.8 Å². The Kier molecular flexibility index (Phi) is 3.98. The largest absolute Gasteiger partial charge is 0.441 e. The lowest BCUT2D eigenvalue weighted by Crippen LogP contribution is -2.46. The van der Waals surface area contributed by atoms with Crippen LogP contribution in [0.4, 0.5) is 10.5 Å². The number of hydrogen-bond donors (Lipinski definition) is 3. The number of nitrogens with two attached hydrogens (primary N) is 1. The van der Waals surface area contributed by atoms with E-state index in [1.165, 1.54) is 0 Å². The first-order valence-corrected chi connectivity index (χ1v) is 7.92. The fourth-order valence-electron chi connectivity index (χ4n) is 3.36. The summed E-state index contributed by atoms with van der Waals surface area (Å²) in [6.07, 6.45) is -1.02. The number of carbonyl (C=O) groups is 1. The van der Waals surface area contributed by atoms with Crippen molar-refractivity contribution in [3.63, 3.8) is 0 Å². The number of nitrogens with one attached hydrogen (secondary N) is 1. The molecule has 6 nitrogen and oxygen atoms in total. The smallest absolute Gasteiger partial charge is 0.405 e. The third-order valence-electron chi connectivity index (χ3n) is 4.49. The zero-order valence-electron chi connectivity index (χ0n) is 13.7. The van der Waals surface area contributed by atoms with E-state index >= 15 is 0 Å². The normalized spacial score (nSPS) is 27.6. The molecule has 1 aromatic rings. The number of anilines is 1. The Morgan fingerprint density at radius 2 is 2.22 bits per heavy atom. The highest BCUT2D eigenvalue weighted by molar-refractivity contribution is 5.65. The Balaban J connectivity index is 1.95. The molecule has 2 heterocycles. The van der Waals surface area contributed by atoms with Gasteiger partial charge in [-0.2, -0.15) is 0 Å². The van der Waals surface area contributed by atoms with Crippen LogP contribution in [0, 0.1) is 5.41 Å². The Morgan fingerprint density at radius 3 is 2.87 bits per heavy atom. The van der Waals surface area contributed by atoms with Crippen molar-refractivity contribution in [1.29, 1.82) is 0 Å². The van der Waals surface area contributed by atoms with Gasteiger partial charge in [0.1, 0.15) is 6.10 Å². The molecule has 23 heavy (non-hydrogen) atoms. The van der Waals surface area contributed by atoms with Gasteiger partial charge in [-0.05, 0) is 17.7 Å². The van der Waals surface area contributed by atoms with E-state index < -0.39 is 18.3 Å². The minimum Gasteiger partial charge on any atom is -0.441 e. The van der Waals surface area contributed by atoms with Crippen molar-refractivity contribution < 1.29 is 19.4 Å². The number of fused-ring (bicyclic) bond motifs is 4. The molecular formula is C17H24N2O4. The minimum atomic E-state index is -0.780. The number of primary amides is 1. The van der Waals surface area contributed by atoms with E-state index in [0.717, 1.165) is 23.2 Å². The molecule has 126 valence electrons. The quantitative estimate of drug-likeness (QED) is 0.778. The van der Waals surface area contributed by atoms with Crippen LogP contribution in [0.1, 0.15) is 50.5 Å². The number of ether oxygens (including phenoxy) is 2. The highest BCUT2D eigenvalue weighted by atomic mass is 16.6. The lowest BCUT2D eigenvalue weighted by molar-refractivity contribution is -0.0673. The molecule has 1 saturated heterocycles. The number of aliphatic hydroxyl groups excluding tert-OH is 1. The number of rotatable bonds is 2. The van der Waals surface area contributed by atoms with Gasteiger partial charge in [0, 0.05) is 23.1 Å². The molecule has 1 fully saturated rings. The highest BCUT2D eigenvalue weighted by Crippen LogP contribution is 2.43. The third kappa shape index (κ3) is 3.14. The molecule has 0 radical (unpaired) electrons. The molecule has 2 aliphatic rings. The maximum Gasteiger partial charge on any atom is 0.405 e. The van der Waals surface area contributed by atoms with Crippen LogP contribution in [0.3, 0.4) is 0 Å². The van der Waals surface area contributed by atoms with E-state index in [-0.39, 0.29) is 17.6 Å². The van der Waals surface area contributed by atoms with Gasteiger partial charge in [-0.25, -0.2) is 4.79 Å². The van der Waals surface area contributed by atoms with E-state index in [0.29, 0.717) is 6.61 Å². The van der Waals surface area contributed by atoms with Gasteiger partial charge in [0.25, 0.3) is 0 Å². The summed E-state index contributed by atoms with van der Waals surface area (Å²) in [6.45, 7) is 6.33. The average molecular weight is 320 g/mol. The zero-order valence-corrected chi connectivity index (χ0v) is 13.7. The molecule has 0 saturated carbocycles. The van der Waals surface area contributed by atoms with E-state index in [1.54, 1.807) is 0 Å². The lowest BCUT2D eigenvalue weighted by atomic mass is 9.82. The molecule has 0 aromatic heterocycles. The van der Waals surface area contributed by atoms with Crippen LogP contribution in [0.2, 0.25) is 0 Å². The van der Waals surface area contributed by atoms with Crippen molar-refractivity contribution in [3.8, 4) is 0 Å². The number of hydrogen-bond acceptors (Lipinski definition) is 5. The molecule has 0 spiro atoms. The molecule has 1 unspecified atom stereocenters. The molecule has 3 rings (SSSR count). The fourth-order valence-corrected chi connectivity index (χ4v) is 3.36. The molecule has 4 N–H and O–H groups in total. The van der Waals surface area contributed by atoms with Crippen LogP contribution in [0.5, 0.6) is 0 Å². The SMILES string of the molecule is CC(C)(C)C(OC(N)=O)c1ccc2c(c1)[C@@H]1C[C@H](N2)[C@H](O)CO1. The molecule has 2 aliphatic heterocycles. The average Bonchev–Trinajstić information content (AvgIpc) is 2.47. The van der Waals surface area contributed by atoms with E-state index in [4.69, 9.17) is 15.2 Å². The van der Waals surface area contributed by atoms with Crippen LogP contribution >= 0.6 is 0 Å². The summed E-state index contributed by atoms with van der Waals surface area (Å²) in [6, 6.07) is 5.92. The number of benzene rings is 1. The monoisotopic (exact) mass is 320 g/mol. The predicted octanol–water partition coefficient (Wildman–Crippen LogP) is 2.49. The topological polar surface area (TPSA) is 93.8 Å². The first-order valence-electron chi connectivity index (χ1n) is 7.92. The second kappa shape index (κ2) is 5.69. The van der Waals surface area contributed by atoms with Crippen LogP contribution in [-0.4, -0.2) is 30.0 Å². The van der Waals surface area contributed by atoms with Gasteiger partial charge < -0.3 is 25.6 Å². The first-order chi connectivity index (χ1) is 10.8. The van der Waals surface area contributed by atoms with Crippen LogP contribution in [0.15, 0.2) is 18.2 Å². The Bertz CT molecular complexity index is 611. The van der Waals surface area contributed by atoms with Crippen molar-refractivity contribution in [2.75, 3.05) is 11.9 Å². The maximum atomic E-state index is 11.3. The third-order valence-corrected chi connectivity index (χ3v) is 4.49. The second-order valence-electron chi connectivity index (χ2n) is 7.41. The van der Waals surface area contributed by atoms with Gasteiger partial charge in [0.15, 0.2) is 0 Å². The number of aliphatic hydroxyl groups is 1. The van der Waals surface area contributed by atoms with Crippen LogP contribution < -0.4 is 11.1 Å². The van der Waals surface area contributed by atoms with E-state index in [2.05, 4.69) is 5.32 Å². The standard InChI is InChI=1S/C17H24N2O4/c1-17(2,3)15(23-16(18)21)9-4-5-11-10(6-9)14-7-12(19-11)13(20)8-22-14/h4-6,12-15,19-20H,7-8H2,1-3H3,(H2,18,21)/t12-,13+,14-,15?/m0/s1. The van der Waals surface area contributed by atoms with Crippen LogP contribution in [0.25, 0.3) is 0 Å². The number of amides is 1. The molecule has 4 atom stereocenters. The van der Waals surface area contributed by atoms with Gasteiger partial charge in [0.05, 0.1) is 24.9 Å². The summed E-state index contributed by atoms with van der Waals surface area (Å²) in [5.41, 5.74) is 7.84. The number of carbonyl (C=O) groups excluding carboxylic acids is 1. The Labute approximate surface area is 136 Å². The molecule has 6 heteroatoms. The van der Waals surface area contributed by atoms with Gasteiger partial charge in [-0.15, -0.1) is 0 Å². The molecule has 2 bridgehead atoms. The van der Waals surface area contributed by atoms with Crippen LogP contribution in [-0.2, 0) is 9.47 Å². The van der Waals surface area contributed by atoms with Gasteiger partial charge in [-0.1, -0.05) is 26.8 Å². The summed E-state index contributed by atoms with van der Waals surface area (Å²) in [7, 11) is 0. The molecular weight excluding hydrogens is 296 g/mol. The summed E-state index contributed by atoms with van der Waals surface area (Å²) < 4.78 is 11.1. The van der Waals surface area contributed by atoms with Gasteiger partial charge in [0.2, 0.25) is 0 Å². The fraction of sp³-hybridized carbons (Fsp3) is 0.588.